The third-order valence-electron chi connectivity index (χ3n) is 4.78. The van der Waals surface area contributed by atoms with Gasteiger partial charge in [0.15, 0.2) is 0 Å². The normalized spacial score (nSPS) is 12.3. The molecule has 0 fully saturated rings. The molecule has 2 aromatic carbocycles. The van der Waals surface area contributed by atoms with Crippen LogP contribution in [0.4, 0.5) is 4.39 Å². The number of aryl methyl sites for hydroxylation is 1. The van der Waals surface area contributed by atoms with Gasteiger partial charge in [-0.2, -0.15) is 0 Å². The Kier molecular flexibility index (Phi) is 5.38. The number of amides is 1. The smallest absolute Gasteiger partial charge is 0.226 e. The minimum absolute atomic E-state index is 0.0569. The molecule has 0 bridgehead atoms. The SMILES string of the molecule is Cc1[nH]c2c(F)cccc2c1CC(=O)N(C)CC[C@@H](O)c1ccccc1. The zero-order chi connectivity index (χ0) is 18.7. The predicted molar refractivity (Wildman–Crippen MR) is 100 cm³/mol. The van der Waals surface area contributed by atoms with E-state index in [0.717, 1.165) is 22.2 Å². The molecule has 0 radical (unpaired) electrons. The van der Waals surface area contributed by atoms with Gasteiger partial charge < -0.3 is 15.0 Å². The molecule has 3 rings (SSSR count). The van der Waals surface area contributed by atoms with Crippen molar-refractivity contribution in [1.29, 1.82) is 0 Å². The lowest BCUT2D eigenvalue weighted by atomic mass is 10.1. The Morgan fingerprint density at radius 3 is 2.65 bits per heavy atom. The summed E-state index contributed by atoms with van der Waals surface area (Å²) in [6.45, 7) is 2.30. The average Bonchev–Trinajstić information content (AvgIpc) is 2.97. The van der Waals surface area contributed by atoms with Gasteiger partial charge in [0.05, 0.1) is 18.0 Å². The molecule has 3 aromatic rings. The summed E-state index contributed by atoms with van der Waals surface area (Å²) < 4.78 is 13.9. The van der Waals surface area contributed by atoms with Crippen LogP contribution in [-0.4, -0.2) is 34.5 Å². The summed E-state index contributed by atoms with van der Waals surface area (Å²) in [6.07, 6.45) is 0.0661. The number of carbonyl (C=O) groups is 1. The van der Waals surface area contributed by atoms with E-state index in [1.54, 1.807) is 18.0 Å². The number of likely N-dealkylation sites (N-methyl/N-ethyl adjacent to an activating group) is 1. The zero-order valence-corrected chi connectivity index (χ0v) is 15.0. The number of aromatic nitrogens is 1. The average molecular weight is 354 g/mol. The van der Waals surface area contributed by atoms with E-state index in [0.29, 0.717) is 18.5 Å². The van der Waals surface area contributed by atoms with Gasteiger partial charge in [-0.15, -0.1) is 0 Å². The lowest BCUT2D eigenvalue weighted by molar-refractivity contribution is -0.129. The van der Waals surface area contributed by atoms with Crippen LogP contribution in [0.3, 0.4) is 0 Å². The second-order valence-electron chi connectivity index (χ2n) is 6.60. The van der Waals surface area contributed by atoms with E-state index in [1.807, 2.05) is 43.3 Å². The molecule has 136 valence electrons. The van der Waals surface area contributed by atoms with Crippen LogP contribution in [0, 0.1) is 12.7 Å². The monoisotopic (exact) mass is 354 g/mol. The highest BCUT2D eigenvalue weighted by atomic mass is 19.1. The highest BCUT2D eigenvalue weighted by Gasteiger charge is 2.18. The van der Waals surface area contributed by atoms with E-state index in [-0.39, 0.29) is 18.1 Å². The number of fused-ring (bicyclic) bond motifs is 1. The maximum absolute atomic E-state index is 13.9. The molecule has 1 atom stereocenters. The molecule has 0 spiro atoms. The largest absolute Gasteiger partial charge is 0.388 e. The fraction of sp³-hybridized carbons (Fsp3) is 0.286. The van der Waals surface area contributed by atoms with Crippen LogP contribution in [0.1, 0.15) is 29.3 Å². The quantitative estimate of drug-likeness (QED) is 0.708. The maximum atomic E-state index is 13.9. The standard InChI is InChI=1S/C21H23FN2O2/c1-14-17(16-9-6-10-18(22)21(16)23-14)13-20(26)24(2)12-11-19(25)15-7-4-3-5-8-15/h3-10,19,23,25H,11-13H2,1-2H3/t19-/m1/s1. The number of carbonyl (C=O) groups excluding carboxylic acids is 1. The van der Waals surface area contributed by atoms with Gasteiger partial charge in [-0.1, -0.05) is 42.5 Å². The van der Waals surface area contributed by atoms with Crippen molar-refractivity contribution in [3.8, 4) is 0 Å². The molecule has 0 saturated heterocycles. The summed E-state index contributed by atoms with van der Waals surface area (Å²) in [6, 6.07) is 14.3. The first-order valence-corrected chi connectivity index (χ1v) is 8.70. The number of para-hydroxylation sites is 1. The van der Waals surface area contributed by atoms with E-state index < -0.39 is 6.10 Å². The lowest BCUT2D eigenvalue weighted by Gasteiger charge is -2.19. The molecular formula is C21H23FN2O2. The van der Waals surface area contributed by atoms with Gasteiger partial charge >= 0.3 is 0 Å². The Morgan fingerprint density at radius 1 is 1.19 bits per heavy atom. The van der Waals surface area contributed by atoms with Crippen LogP contribution in [0.2, 0.25) is 0 Å². The molecular weight excluding hydrogens is 331 g/mol. The first kappa shape index (κ1) is 18.1. The first-order chi connectivity index (χ1) is 12.5. The topological polar surface area (TPSA) is 56.3 Å². The molecule has 0 aliphatic carbocycles. The highest BCUT2D eigenvalue weighted by Crippen LogP contribution is 2.25. The molecule has 1 amide bonds. The molecule has 4 nitrogen and oxygen atoms in total. The molecule has 0 aliphatic rings. The molecule has 1 aromatic heterocycles. The molecule has 0 saturated carbocycles. The fourth-order valence-corrected chi connectivity index (χ4v) is 3.16. The summed E-state index contributed by atoms with van der Waals surface area (Å²) in [4.78, 5) is 17.2. The van der Waals surface area contributed by atoms with Crippen molar-refractivity contribution in [2.75, 3.05) is 13.6 Å². The number of aliphatic hydroxyl groups is 1. The second-order valence-corrected chi connectivity index (χ2v) is 6.60. The number of benzene rings is 2. The Morgan fingerprint density at radius 2 is 1.92 bits per heavy atom. The number of H-pyrrole nitrogens is 1. The summed E-state index contributed by atoms with van der Waals surface area (Å²) >= 11 is 0. The fourth-order valence-electron chi connectivity index (χ4n) is 3.16. The Bertz CT molecular complexity index is 905. The maximum Gasteiger partial charge on any atom is 0.226 e. The molecule has 5 heteroatoms. The number of hydrogen-bond acceptors (Lipinski definition) is 2. The van der Waals surface area contributed by atoms with Crippen molar-refractivity contribution < 1.29 is 14.3 Å². The molecule has 2 N–H and O–H groups in total. The van der Waals surface area contributed by atoms with Crippen LogP contribution in [0.15, 0.2) is 48.5 Å². The van der Waals surface area contributed by atoms with E-state index in [9.17, 15) is 14.3 Å². The Labute approximate surface area is 152 Å². The Hall–Kier alpha value is -2.66. The van der Waals surface area contributed by atoms with Crippen molar-refractivity contribution in [3.63, 3.8) is 0 Å². The summed E-state index contributed by atoms with van der Waals surface area (Å²) in [7, 11) is 1.73. The van der Waals surface area contributed by atoms with Gasteiger partial charge in [-0.05, 0) is 30.5 Å². The van der Waals surface area contributed by atoms with Crippen LogP contribution >= 0.6 is 0 Å². The molecule has 0 unspecified atom stereocenters. The minimum Gasteiger partial charge on any atom is -0.388 e. The van der Waals surface area contributed by atoms with Crippen molar-refractivity contribution in [1.82, 2.24) is 9.88 Å². The third-order valence-corrected chi connectivity index (χ3v) is 4.78. The minimum atomic E-state index is -0.602. The van der Waals surface area contributed by atoms with Crippen LogP contribution in [0.5, 0.6) is 0 Å². The number of aromatic amines is 1. The van der Waals surface area contributed by atoms with Crippen molar-refractivity contribution in [2.45, 2.75) is 25.9 Å². The number of nitrogens with zero attached hydrogens (tertiary/aromatic N) is 1. The summed E-state index contributed by atoms with van der Waals surface area (Å²) in [5.41, 5.74) is 2.90. The third kappa shape index (κ3) is 3.78. The second kappa shape index (κ2) is 7.70. The van der Waals surface area contributed by atoms with Crippen molar-refractivity contribution >= 4 is 16.8 Å². The Balaban J connectivity index is 1.65. The van der Waals surface area contributed by atoms with Gasteiger partial charge in [-0.25, -0.2) is 4.39 Å². The zero-order valence-electron chi connectivity index (χ0n) is 15.0. The predicted octanol–water partition coefficient (Wildman–Crippen LogP) is 3.74. The van der Waals surface area contributed by atoms with E-state index in [4.69, 9.17) is 0 Å². The van der Waals surface area contributed by atoms with E-state index >= 15 is 0 Å². The van der Waals surface area contributed by atoms with Gasteiger partial charge in [0.25, 0.3) is 0 Å². The van der Waals surface area contributed by atoms with Crippen molar-refractivity contribution in [3.05, 3.63) is 71.2 Å². The van der Waals surface area contributed by atoms with E-state index in [1.165, 1.54) is 6.07 Å². The number of nitrogens with one attached hydrogen (secondary N) is 1. The van der Waals surface area contributed by atoms with Crippen molar-refractivity contribution in [2.24, 2.45) is 0 Å². The lowest BCUT2D eigenvalue weighted by Crippen LogP contribution is -2.30. The number of halogens is 1. The summed E-state index contributed by atoms with van der Waals surface area (Å²) in [5, 5.41) is 11.0. The highest BCUT2D eigenvalue weighted by molar-refractivity contribution is 5.90. The van der Waals surface area contributed by atoms with Crippen LogP contribution in [0.25, 0.3) is 10.9 Å². The van der Waals surface area contributed by atoms with E-state index in [2.05, 4.69) is 4.98 Å². The molecule has 0 aliphatic heterocycles. The molecule has 26 heavy (non-hydrogen) atoms. The first-order valence-electron chi connectivity index (χ1n) is 8.70. The van der Waals surface area contributed by atoms with Gasteiger partial charge in [0, 0.05) is 24.7 Å². The van der Waals surface area contributed by atoms with Crippen LogP contribution < -0.4 is 0 Å². The van der Waals surface area contributed by atoms with Crippen LogP contribution in [-0.2, 0) is 11.2 Å². The molecule has 1 heterocycles. The van der Waals surface area contributed by atoms with Gasteiger partial charge in [0.2, 0.25) is 5.91 Å². The van der Waals surface area contributed by atoms with Gasteiger partial charge in [0.1, 0.15) is 5.82 Å². The number of hydrogen-bond donors (Lipinski definition) is 2. The number of aliphatic hydroxyl groups excluding tert-OH is 1. The van der Waals surface area contributed by atoms with Gasteiger partial charge in [-0.3, -0.25) is 4.79 Å². The number of rotatable bonds is 6. The summed E-state index contributed by atoms with van der Waals surface area (Å²) in [5.74, 6) is -0.373.